The monoisotopic (exact) mass is 319 g/mol. The van der Waals surface area contributed by atoms with Gasteiger partial charge in [-0.25, -0.2) is 0 Å². The van der Waals surface area contributed by atoms with Crippen LogP contribution in [0.25, 0.3) is 0 Å². The Hall–Kier alpha value is -1.59. The van der Waals surface area contributed by atoms with E-state index in [4.69, 9.17) is 4.74 Å². The molecule has 5 nitrogen and oxygen atoms in total. The van der Waals surface area contributed by atoms with Crippen molar-refractivity contribution in [3.8, 4) is 5.75 Å². The Balaban J connectivity index is 1.97. The molecule has 1 aromatic rings. The Morgan fingerprint density at radius 1 is 1.22 bits per heavy atom. The highest BCUT2D eigenvalue weighted by molar-refractivity contribution is 5.95. The van der Waals surface area contributed by atoms with Crippen LogP contribution in [0.2, 0.25) is 0 Å². The van der Waals surface area contributed by atoms with Gasteiger partial charge in [0.05, 0.1) is 18.3 Å². The number of anilines is 1. The van der Waals surface area contributed by atoms with E-state index in [-0.39, 0.29) is 11.9 Å². The number of carbonyl (C=O) groups is 1. The first-order valence-corrected chi connectivity index (χ1v) is 8.64. The first-order chi connectivity index (χ1) is 11.2. The summed E-state index contributed by atoms with van der Waals surface area (Å²) in [5, 5.41) is 3.02. The number of nitrogens with zero attached hydrogens (tertiary/aromatic N) is 2. The summed E-state index contributed by atoms with van der Waals surface area (Å²) in [7, 11) is 0. The van der Waals surface area contributed by atoms with Crippen molar-refractivity contribution in [3.05, 3.63) is 24.3 Å². The minimum Gasteiger partial charge on any atom is -0.492 e. The van der Waals surface area contributed by atoms with Gasteiger partial charge in [0.15, 0.2) is 0 Å². The number of likely N-dealkylation sites (N-methyl/N-ethyl adjacent to an activating group) is 1. The molecular weight excluding hydrogens is 290 g/mol. The quantitative estimate of drug-likeness (QED) is 0.875. The van der Waals surface area contributed by atoms with Gasteiger partial charge in [-0.15, -0.1) is 0 Å². The minimum absolute atomic E-state index is 0.0297. The summed E-state index contributed by atoms with van der Waals surface area (Å²) in [6, 6.07) is 7.46. The second-order valence-corrected chi connectivity index (χ2v) is 5.92. The summed E-state index contributed by atoms with van der Waals surface area (Å²) in [6.07, 6.45) is 1.11. The molecule has 1 saturated heterocycles. The van der Waals surface area contributed by atoms with Gasteiger partial charge in [0.2, 0.25) is 5.91 Å². The lowest BCUT2D eigenvalue weighted by molar-refractivity contribution is -0.120. The lowest BCUT2D eigenvalue weighted by atomic mass is 10.2. The summed E-state index contributed by atoms with van der Waals surface area (Å²) in [6.45, 7) is 11.8. The SMILES string of the molecule is CCOc1ccccc1NC(=O)C(C)N1CCCN(CC)CC1. The van der Waals surface area contributed by atoms with Crippen molar-refractivity contribution in [2.24, 2.45) is 0 Å². The fraction of sp³-hybridized carbons (Fsp3) is 0.611. The molecular formula is C18H29N3O2. The van der Waals surface area contributed by atoms with Gasteiger partial charge >= 0.3 is 0 Å². The van der Waals surface area contributed by atoms with Gasteiger partial charge in [-0.1, -0.05) is 19.1 Å². The number of para-hydroxylation sites is 2. The van der Waals surface area contributed by atoms with Crippen molar-refractivity contribution in [2.45, 2.75) is 33.2 Å². The predicted octanol–water partition coefficient (Wildman–Crippen LogP) is 2.44. The van der Waals surface area contributed by atoms with E-state index in [0.29, 0.717) is 6.61 Å². The Kier molecular flexibility index (Phi) is 6.86. The van der Waals surface area contributed by atoms with Crippen LogP contribution in [0.4, 0.5) is 5.69 Å². The van der Waals surface area contributed by atoms with Crippen LogP contribution in [-0.4, -0.2) is 61.1 Å². The molecule has 1 aliphatic rings. The van der Waals surface area contributed by atoms with Crippen molar-refractivity contribution >= 4 is 11.6 Å². The molecule has 2 rings (SSSR count). The Bertz CT molecular complexity index is 507. The smallest absolute Gasteiger partial charge is 0.241 e. The van der Waals surface area contributed by atoms with E-state index in [0.717, 1.165) is 50.6 Å². The summed E-state index contributed by atoms with van der Waals surface area (Å²) >= 11 is 0. The summed E-state index contributed by atoms with van der Waals surface area (Å²) in [5.74, 6) is 0.755. The van der Waals surface area contributed by atoms with Crippen LogP contribution in [-0.2, 0) is 4.79 Å². The number of benzene rings is 1. The molecule has 1 N–H and O–H groups in total. The summed E-state index contributed by atoms with van der Waals surface area (Å²) in [5.41, 5.74) is 0.746. The van der Waals surface area contributed by atoms with Crippen molar-refractivity contribution in [1.82, 2.24) is 9.80 Å². The van der Waals surface area contributed by atoms with Crippen LogP contribution >= 0.6 is 0 Å². The highest BCUT2D eigenvalue weighted by Crippen LogP contribution is 2.24. The van der Waals surface area contributed by atoms with Crippen LogP contribution < -0.4 is 10.1 Å². The molecule has 1 amide bonds. The molecule has 23 heavy (non-hydrogen) atoms. The van der Waals surface area contributed by atoms with Crippen LogP contribution in [0.5, 0.6) is 5.75 Å². The third-order valence-corrected chi connectivity index (χ3v) is 4.44. The Morgan fingerprint density at radius 2 is 2.00 bits per heavy atom. The number of hydrogen-bond acceptors (Lipinski definition) is 4. The topological polar surface area (TPSA) is 44.8 Å². The molecule has 0 spiro atoms. The molecule has 1 heterocycles. The maximum absolute atomic E-state index is 12.6. The van der Waals surface area contributed by atoms with E-state index in [1.807, 2.05) is 38.1 Å². The Labute approximate surface area is 139 Å². The van der Waals surface area contributed by atoms with Gasteiger partial charge in [0.1, 0.15) is 5.75 Å². The zero-order valence-corrected chi connectivity index (χ0v) is 14.5. The van der Waals surface area contributed by atoms with Crippen molar-refractivity contribution in [3.63, 3.8) is 0 Å². The van der Waals surface area contributed by atoms with Gasteiger partial charge in [-0.2, -0.15) is 0 Å². The van der Waals surface area contributed by atoms with E-state index in [9.17, 15) is 4.79 Å². The number of rotatable bonds is 6. The molecule has 0 aromatic heterocycles. The molecule has 1 unspecified atom stereocenters. The van der Waals surface area contributed by atoms with Crippen molar-refractivity contribution in [1.29, 1.82) is 0 Å². The van der Waals surface area contributed by atoms with Crippen LogP contribution in [0.1, 0.15) is 27.2 Å². The maximum Gasteiger partial charge on any atom is 0.241 e. The van der Waals surface area contributed by atoms with Gasteiger partial charge in [-0.05, 0) is 45.5 Å². The fourth-order valence-corrected chi connectivity index (χ4v) is 2.95. The van der Waals surface area contributed by atoms with E-state index in [1.165, 1.54) is 0 Å². The molecule has 0 aliphatic carbocycles. The molecule has 1 aliphatic heterocycles. The second kappa shape index (κ2) is 8.89. The summed E-state index contributed by atoms with van der Waals surface area (Å²) in [4.78, 5) is 17.3. The van der Waals surface area contributed by atoms with Crippen molar-refractivity contribution in [2.75, 3.05) is 44.6 Å². The lowest BCUT2D eigenvalue weighted by Gasteiger charge is -2.27. The standard InChI is InChI=1S/C18H29N3O2/c1-4-20-11-8-12-21(14-13-20)15(3)18(22)19-16-9-6-7-10-17(16)23-5-2/h6-7,9-10,15H,4-5,8,11-14H2,1-3H3,(H,19,22). The number of nitrogens with one attached hydrogen (secondary N) is 1. The first kappa shape index (κ1) is 17.8. The van der Waals surface area contributed by atoms with Crippen LogP contribution in [0.3, 0.4) is 0 Å². The third-order valence-electron chi connectivity index (χ3n) is 4.44. The molecule has 0 radical (unpaired) electrons. The number of hydrogen-bond donors (Lipinski definition) is 1. The summed E-state index contributed by atoms with van der Waals surface area (Å²) < 4.78 is 5.58. The molecule has 1 fully saturated rings. The largest absolute Gasteiger partial charge is 0.492 e. The Morgan fingerprint density at radius 3 is 2.74 bits per heavy atom. The fourth-order valence-electron chi connectivity index (χ4n) is 2.95. The van der Waals surface area contributed by atoms with Crippen LogP contribution in [0, 0.1) is 0 Å². The van der Waals surface area contributed by atoms with Gasteiger partial charge in [0, 0.05) is 19.6 Å². The average molecular weight is 319 g/mol. The predicted molar refractivity (Wildman–Crippen MR) is 94.0 cm³/mol. The van der Waals surface area contributed by atoms with E-state index in [2.05, 4.69) is 22.0 Å². The van der Waals surface area contributed by atoms with Crippen LogP contribution in [0.15, 0.2) is 24.3 Å². The normalized spacial score (nSPS) is 18.2. The molecule has 128 valence electrons. The van der Waals surface area contributed by atoms with Gasteiger partial charge in [-0.3, -0.25) is 9.69 Å². The minimum atomic E-state index is -0.138. The highest BCUT2D eigenvalue weighted by atomic mass is 16.5. The van der Waals surface area contributed by atoms with E-state index in [1.54, 1.807) is 0 Å². The lowest BCUT2D eigenvalue weighted by Crippen LogP contribution is -2.43. The number of ether oxygens (including phenoxy) is 1. The van der Waals surface area contributed by atoms with Gasteiger partial charge in [0.25, 0.3) is 0 Å². The second-order valence-electron chi connectivity index (χ2n) is 5.92. The maximum atomic E-state index is 12.6. The number of amides is 1. The van der Waals surface area contributed by atoms with E-state index < -0.39 is 0 Å². The molecule has 1 atom stereocenters. The molecule has 5 heteroatoms. The molecule has 0 bridgehead atoms. The zero-order chi connectivity index (χ0) is 16.7. The zero-order valence-electron chi connectivity index (χ0n) is 14.5. The van der Waals surface area contributed by atoms with E-state index >= 15 is 0 Å². The third kappa shape index (κ3) is 4.94. The first-order valence-electron chi connectivity index (χ1n) is 8.64. The highest BCUT2D eigenvalue weighted by Gasteiger charge is 2.24. The number of carbonyl (C=O) groups excluding carboxylic acids is 1. The molecule has 0 saturated carbocycles. The molecule has 1 aromatic carbocycles. The van der Waals surface area contributed by atoms with Crippen molar-refractivity contribution < 1.29 is 9.53 Å². The van der Waals surface area contributed by atoms with Gasteiger partial charge < -0.3 is 15.0 Å². The average Bonchev–Trinajstić information content (AvgIpc) is 2.81.